The standard InChI is InChI=1S/C63H90N8O13/c1-42(2)36-50(66-54(72)49(38-44-24-18-15-19-25-44)67-60(78)84-63(9,10)11)57(75)83-52(48(37-43-22-16-14-17-23-43)65-55(73)51(39-61(3,4)5)68-59(77)82-35-34-81-33-32-79-12)41-71(70-56(74)53(62(6,7)8)69-58(76)80-13)40-45-27-29-46(30-28-45)47-26-20-21-31-64-47/h14-31,42,48-53H,32-41H2,1-13H3,(H,65,73)(H,66,72)(H,67,78)(H,68,77)(H,69,76)(H,70,74). The summed E-state index contributed by atoms with van der Waals surface area (Å²) in [6.07, 6.45) is -1.93. The Balaban J connectivity index is 1.90. The molecule has 1 aromatic heterocycles. The zero-order chi connectivity index (χ0) is 62.0. The van der Waals surface area contributed by atoms with Crippen LogP contribution in [0.2, 0.25) is 0 Å². The molecule has 21 heteroatoms. The zero-order valence-electron chi connectivity index (χ0n) is 51.2. The molecule has 0 aliphatic carbocycles. The third-order valence-corrected chi connectivity index (χ3v) is 12.8. The smallest absolute Gasteiger partial charge is 0.408 e. The van der Waals surface area contributed by atoms with E-state index in [1.807, 2.05) is 126 Å². The van der Waals surface area contributed by atoms with Crippen molar-refractivity contribution < 1.29 is 62.0 Å². The lowest BCUT2D eigenvalue weighted by molar-refractivity contribution is -0.158. The van der Waals surface area contributed by atoms with Crippen LogP contribution in [0, 0.1) is 16.7 Å². The predicted molar refractivity (Wildman–Crippen MR) is 319 cm³/mol. The maximum atomic E-state index is 15.3. The molecule has 460 valence electrons. The molecular formula is C63H90N8O13. The summed E-state index contributed by atoms with van der Waals surface area (Å²) in [5.74, 6) is -3.07. The summed E-state index contributed by atoms with van der Waals surface area (Å²) < 4.78 is 33.1. The van der Waals surface area contributed by atoms with Crippen molar-refractivity contribution in [2.45, 2.75) is 150 Å². The summed E-state index contributed by atoms with van der Waals surface area (Å²) in [6.45, 7) is 20.2. The highest BCUT2D eigenvalue weighted by molar-refractivity contribution is 5.90. The van der Waals surface area contributed by atoms with E-state index < -0.39 is 94.7 Å². The maximum absolute atomic E-state index is 15.3. The topological polar surface area (TPSA) is 263 Å². The van der Waals surface area contributed by atoms with Crippen LogP contribution in [0.4, 0.5) is 14.4 Å². The number of carbonyl (C=O) groups is 7. The van der Waals surface area contributed by atoms with Crippen LogP contribution in [0.1, 0.15) is 106 Å². The van der Waals surface area contributed by atoms with E-state index in [0.717, 1.165) is 22.4 Å². The molecule has 0 radical (unpaired) electrons. The number of nitrogens with one attached hydrogen (secondary N) is 6. The first-order valence-corrected chi connectivity index (χ1v) is 28.4. The van der Waals surface area contributed by atoms with Crippen LogP contribution >= 0.6 is 0 Å². The van der Waals surface area contributed by atoms with Gasteiger partial charge in [0.15, 0.2) is 0 Å². The van der Waals surface area contributed by atoms with Gasteiger partial charge in [0.05, 0.1) is 45.2 Å². The van der Waals surface area contributed by atoms with E-state index in [1.165, 1.54) is 12.1 Å². The van der Waals surface area contributed by atoms with Crippen LogP contribution in [0.5, 0.6) is 0 Å². The van der Waals surface area contributed by atoms with E-state index in [2.05, 4.69) is 37.0 Å². The number of amides is 6. The van der Waals surface area contributed by atoms with E-state index in [9.17, 15) is 24.0 Å². The van der Waals surface area contributed by atoms with Gasteiger partial charge >= 0.3 is 24.2 Å². The predicted octanol–water partition coefficient (Wildman–Crippen LogP) is 7.85. The second-order valence-corrected chi connectivity index (χ2v) is 24.3. The number of esters is 1. The molecule has 4 aromatic rings. The Morgan fingerprint density at radius 3 is 1.74 bits per heavy atom. The first-order chi connectivity index (χ1) is 39.6. The average Bonchev–Trinajstić information content (AvgIpc) is 3.58. The minimum atomic E-state index is -1.37. The van der Waals surface area contributed by atoms with Crippen molar-refractivity contribution in [2.75, 3.05) is 47.2 Å². The van der Waals surface area contributed by atoms with Gasteiger partial charge < -0.3 is 55.0 Å². The fraction of sp³-hybridized carbons (Fsp3) is 0.524. The second kappa shape index (κ2) is 33.6. The van der Waals surface area contributed by atoms with E-state index >= 15 is 9.59 Å². The van der Waals surface area contributed by atoms with Gasteiger partial charge in [-0.05, 0) is 85.6 Å². The van der Waals surface area contributed by atoms with Gasteiger partial charge in [0, 0.05) is 31.8 Å². The molecule has 0 fully saturated rings. The third kappa shape index (κ3) is 25.9. The van der Waals surface area contributed by atoms with Crippen LogP contribution < -0.4 is 32.0 Å². The number of hydrogen-bond acceptors (Lipinski definition) is 15. The number of ether oxygens (including phenoxy) is 6. The molecule has 6 amide bonds. The molecule has 6 unspecified atom stereocenters. The maximum Gasteiger partial charge on any atom is 0.408 e. The highest BCUT2D eigenvalue weighted by Crippen LogP contribution is 2.25. The van der Waals surface area contributed by atoms with Crippen LogP contribution in [-0.4, -0.2) is 141 Å². The van der Waals surface area contributed by atoms with Gasteiger partial charge in [-0.2, -0.15) is 0 Å². The number of aromatic nitrogens is 1. The fourth-order valence-corrected chi connectivity index (χ4v) is 8.79. The van der Waals surface area contributed by atoms with Gasteiger partial charge in [-0.3, -0.25) is 24.8 Å². The van der Waals surface area contributed by atoms with Gasteiger partial charge in [0.25, 0.3) is 5.91 Å². The van der Waals surface area contributed by atoms with Crippen molar-refractivity contribution in [2.24, 2.45) is 16.7 Å². The van der Waals surface area contributed by atoms with E-state index in [-0.39, 0.29) is 64.5 Å². The van der Waals surface area contributed by atoms with Gasteiger partial charge in [-0.25, -0.2) is 24.2 Å². The lowest BCUT2D eigenvalue weighted by Gasteiger charge is -2.37. The van der Waals surface area contributed by atoms with E-state index in [0.29, 0.717) is 12.2 Å². The summed E-state index contributed by atoms with van der Waals surface area (Å²) in [6, 6.07) is 25.3. The summed E-state index contributed by atoms with van der Waals surface area (Å²) in [7, 11) is 2.73. The van der Waals surface area contributed by atoms with Crippen molar-refractivity contribution in [3.63, 3.8) is 0 Å². The Hall–Kier alpha value is -7.62. The normalized spacial score (nSPS) is 13.9. The van der Waals surface area contributed by atoms with Crippen molar-refractivity contribution in [1.29, 1.82) is 0 Å². The largest absolute Gasteiger partial charge is 0.457 e. The lowest BCUT2D eigenvalue weighted by atomic mass is 9.86. The summed E-state index contributed by atoms with van der Waals surface area (Å²) in [5, 5.41) is 15.6. The van der Waals surface area contributed by atoms with Crippen molar-refractivity contribution in [1.82, 2.24) is 42.0 Å². The Kier molecular flexibility index (Phi) is 27.6. The van der Waals surface area contributed by atoms with Gasteiger partial charge in [-0.1, -0.05) is 146 Å². The number of carbonyl (C=O) groups excluding carboxylic acids is 7. The first kappa shape index (κ1) is 68.9. The average molecular weight is 1170 g/mol. The van der Waals surface area contributed by atoms with Crippen molar-refractivity contribution in [3.8, 4) is 11.3 Å². The molecule has 0 saturated carbocycles. The molecule has 0 aliphatic rings. The number of hydrogen-bond donors (Lipinski definition) is 6. The third-order valence-electron chi connectivity index (χ3n) is 12.8. The van der Waals surface area contributed by atoms with Crippen molar-refractivity contribution >= 4 is 42.0 Å². The number of pyridine rings is 1. The highest BCUT2D eigenvalue weighted by atomic mass is 16.6. The SMILES string of the molecule is COCCOCCOC(=O)NC(CC(C)(C)C)C(=O)NC(Cc1ccccc1)C(CN(Cc1ccc(-c2ccccn2)cc1)NC(=O)C(NC(=O)OC)C(C)(C)C)OC(=O)C(CC(C)C)NC(=O)C(Cc1ccccc1)NC(=O)OC(C)(C)C. The van der Waals surface area contributed by atoms with Crippen molar-refractivity contribution in [3.05, 3.63) is 126 Å². The molecule has 1 heterocycles. The summed E-state index contributed by atoms with van der Waals surface area (Å²) in [4.78, 5) is 104. The van der Waals surface area contributed by atoms with E-state index in [4.69, 9.17) is 28.4 Å². The van der Waals surface area contributed by atoms with Crippen LogP contribution in [0.15, 0.2) is 109 Å². The minimum Gasteiger partial charge on any atom is -0.457 e. The Bertz CT molecular complexity index is 2680. The van der Waals surface area contributed by atoms with Crippen LogP contribution in [0.25, 0.3) is 11.3 Å². The monoisotopic (exact) mass is 1170 g/mol. The highest BCUT2D eigenvalue weighted by Gasteiger charge is 2.39. The molecule has 3 aromatic carbocycles. The molecule has 6 atom stereocenters. The molecule has 0 saturated heterocycles. The number of nitrogens with zero attached hydrogens (tertiary/aromatic N) is 2. The van der Waals surface area contributed by atoms with Gasteiger partial charge in [-0.15, -0.1) is 0 Å². The number of benzene rings is 3. The fourth-order valence-electron chi connectivity index (χ4n) is 8.79. The van der Waals surface area contributed by atoms with Crippen LogP contribution in [-0.2, 0) is 67.0 Å². The number of hydrazine groups is 1. The molecule has 4 rings (SSSR count). The number of rotatable bonds is 30. The summed E-state index contributed by atoms with van der Waals surface area (Å²) >= 11 is 0. The Morgan fingerprint density at radius 2 is 1.18 bits per heavy atom. The quantitative estimate of drug-likeness (QED) is 0.0126. The number of methoxy groups -OCH3 is 2. The summed E-state index contributed by atoms with van der Waals surface area (Å²) in [5.41, 5.74) is 4.42. The van der Waals surface area contributed by atoms with Gasteiger partial charge in [0.2, 0.25) is 11.8 Å². The lowest BCUT2D eigenvalue weighted by Crippen LogP contribution is -2.61. The minimum absolute atomic E-state index is 0.0116. The first-order valence-electron chi connectivity index (χ1n) is 28.4. The molecule has 6 N–H and O–H groups in total. The van der Waals surface area contributed by atoms with Gasteiger partial charge in [0.1, 0.15) is 42.5 Å². The van der Waals surface area contributed by atoms with E-state index in [1.54, 1.807) is 67.0 Å². The number of alkyl carbamates (subject to hydrolysis) is 3. The molecule has 21 nitrogen and oxygen atoms in total. The molecule has 0 spiro atoms. The Labute approximate surface area is 495 Å². The molecule has 84 heavy (non-hydrogen) atoms. The second-order valence-electron chi connectivity index (χ2n) is 24.3. The molecule has 0 aliphatic heterocycles. The molecular weight excluding hydrogens is 1080 g/mol. The molecule has 0 bridgehead atoms. The van der Waals surface area contributed by atoms with Crippen LogP contribution in [0.3, 0.4) is 0 Å². The Morgan fingerprint density at radius 1 is 0.583 bits per heavy atom. The zero-order valence-corrected chi connectivity index (χ0v) is 51.2.